The average molecular weight is 339 g/mol. The van der Waals surface area contributed by atoms with E-state index in [1.165, 1.54) is 0 Å². The first-order chi connectivity index (χ1) is 11.9. The molecule has 0 bridgehead atoms. The number of hydrogen-bond donors (Lipinski definition) is 1. The Morgan fingerprint density at radius 1 is 1.28 bits per heavy atom. The molecule has 4 heteroatoms. The van der Waals surface area contributed by atoms with E-state index in [0.717, 1.165) is 34.6 Å². The zero-order chi connectivity index (χ0) is 18.0. The van der Waals surface area contributed by atoms with Gasteiger partial charge in [0, 0.05) is 12.0 Å². The lowest BCUT2D eigenvalue weighted by Crippen LogP contribution is -2.41. The van der Waals surface area contributed by atoms with E-state index in [2.05, 4.69) is 19.2 Å². The number of aryl methyl sites for hydroxylation is 1. The number of carbonyl (C=O) groups is 1. The van der Waals surface area contributed by atoms with Crippen molar-refractivity contribution in [3.8, 4) is 11.5 Å². The number of rotatable bonds is 4. The molecule has 1 aliphatic rings. The van der Waals surface area contributed by atoms with E-state index in [1.54, 1.807) is 7.11 Å². The quantitative estimate of drug-likeness (QED) is 0.917. The molecule has 1 atom stereocenters. The summed E-state index contributed by atoms with van der Waals surface area (Å²) in [5, 5.41) is 3.18. The third kappa shape index (κ3) is 3.95. The van der Waals surface area contributed by atoms with Crippen LogP contribution in [0.1, 0.15) is 43.0 Å². The van der Waals surface area contributed by atoms with Crippen LogP contribution < -0.4 is 14.8 Å². The maximum Gasteiger partial charge on any atom is 0.224 e. The number of benzene rings is 2. The van der Waals surface area contributed by atoms with Crippen LogP contribution in [0.4, 0.5) is 0 Å². The number of ether oxygens (including phenoxy) is 2. The standard InChI is InChI=1S/C21H25NO3/c1-14-11-15(9-10-18(14)24-4)12-20(23)22-17-13-21(2,3)25-19-8-6-5-7-16(17)19/h5-11,17H,12-13H2,1-4H3,(H,22,23)/t17-/m1/s1. The fourth-order valence-electron chi connectivity index (χ4n) is 3.41. The highest BCUT2D eigenvalue weighted by Gasteiger charge is 2.34. The first-order valence-electron chi connectivity index (χ1n) is 8.59. The summed E-state index contributed by atoms with van der Waals surface area (Å²) < 4.78 is 11.3. The fourth-order valence-corrected chi connectivity index (χ4v) is 3.41. The zero-order valence-corrected chi connectivity index (χ0v) is 15.3. The minimum absolute atomic E-state index is 0.0158. The molecule has 0 aromatic heterocycles. The molecule has 2 aromatic rings. The number of para-hydroxylation sites is 1. The van der Waals surface area contributed by atoms with Gasteiger partial charge in [0.15, 0.2) is 0 Å². The molecule has 0 fully saturated rings. The molecule has 1 heterocycles. The molecule has 0 unspecified atom stereocenters. The molecule has 1 amide bonds. The second-order valence-electron chi connectivity index (χ2n) is 7.20. The topological polar surface area (TPSA) is 47.6 Å². The van der Waals surface area contributed by atoms with Gasteiger partial charge in [-0.2, -0.15) is 0 Å². The number of carbonyl (C=O) groups excluding carboxylic acids is 1. The predicted molar refractivity (Wildman–Crippen MR) is 98.1 cm³/mol. The molecule has 2 aromatic carbocycles. The van der Waals surface area contributed by atoms with Crippen molar-refractivity contribution in [2.75, 3.05) is 7.11 Å². The van der Waals surface area contributed by atoms with Crippen molar-refractivity contribution in [2.24, 2.45) is 0 Å². The lowest BCUT2D eigenvalue weighted by molar-refractivity contribution is -0.121. The number of amides is 1. The smallest absolute Gasteiger partial charge is 0.224 e. The van der Waals surface area contributed by atoms with Gasteiger partial charge < -0.3 is 14.8 Å². The molecular weight excluding hydrogens is 314 g/mol. The molecule has 3 rings (SSSR count). The van der Waals surface area contributed by atoms with E-state index in [9.17, 15) is 4.79 Å². The van der Waals surface area contributed by atoms with Gasteiger partial charge in [0.1, 0.15) is 17.1 Å². The van der Waals surface area contributed by atoms with Gasteiger partial charge in [0.2, 0.25) is 5.91 Å². The zero-order valence-electron chi connectivity index (χ0n) is 15.3. The molecular formula is C21H25NO3. The maximum absolute atomic E-state index is 12.6. The van der Waals surface area contributed by atoms with E-state index in [-0.39, 0.29) is 17.6 Å². The van der Waals surface area contributed by atoms with E-state index < -0.39 is 0 Å². The number of hydrogen-bond acceptors (Lipinski definition) is 3. The van der Waals surface area contributed by atoms with Gasteiger partial charge in [-0.1, -0.05) is 30.3 Å². The van der Waals surface area contributed by atoms with Crippen LogP contribution in [-0.4, -0.2) is 18.6 Å². The predicted octanol–water partition coefficient (Wildman–Crippen LogP) is 3.96. The van der Waals surface area contributed by atoms with Gasteiger partial charge in [0.25, 0.3) is 0 Å². The molecule has 0 radical (unpaired) electrons. The van der Waals surface area contributed by atoms with Crippen LogP contribution in [0.5, 0.6) is 11.5 Å². The summed E-state index contributed by atoms with van der Waals surface area (Å²) in [6.45, 7) is 6.08. The van der Waals surface area contributed by atoms with Crippen LogP contribution in [0, 0.1) is 6.92 Å². The van der Waals surface area contributed by atoms with Crippen molar-refractivity contribution in [3.05, 3.63) is 59.2 Å². The third-order valence-electron chi connectivity index (χ3n) is 4.54. The molecule has 132 valence electrons. The molecule has 1 N–H and O–H groups in total. The summed E-state index contributed by atoms with van der Waals surface area (Å²) >= 11 is 0. The SMILES string of the molecule is COc1ccc(CC(=O)N[C@@H]2CC(C)(C)Oc3ccccc32)cc1C. The Balaban J connectivity index is 1.73. The summed E-state index contributed by atoms with van der Waals surface area (Å²) in [5.41, 5.74) is 2.75. The van der Waals surface area contributed by atoms with Gasteiger partial charge in [0.05, 0.1) is 19.6 Å². The highest BCUT2D eigenvalue weighted by atomic mass is 16.5. The Morgan fingerprint density at radius 2 is 2.04 bits per heavy atom. The highest BCUT2D eigenvalue weighted by Crippen LogP contribution is 2.39. The second kappa shape index (κ2) is 6.79. The first kappa shape index (κ1) is 17.3. The minimum atomic E-state index is -0.303. The third-order valence-corrected chi connectivity index (χ3v) is 4.54. The van der Waals surface area contributed by atoms with Crippen molar-refractivity contribution in [1.29, 1.82) is 0 Å². The Labute approximate surface area is 149 Å². The van der Waals surface area contributed by atoms with Gasteiger partial charge >= 0.3 is 0 Å². The van der Waals surface area contributed by atoms with E-state index >= 15 is 0 Å². The Kier molecular flexibility index (Phi) is 4.71. The van der Waals surface area contributed by atoms with E-state index in [1.807, 2.05) is 49.4 Å². The summed E-state index contributed by atoms with van der Waals surface area (Å²) in [6.07, 6.45) is 1.10. The average Bonchev–Trinajstić information content (AvgIpc) is 2.54. The van der Waals surface area contributed by atoms with Gasteiger partial charge in [-0.05, 0) is 44.0 Å². The van der Waals surface area contributed by atoms with Crippen LogP contribution in [0.25, 0.3) is 0 Å². The van der Waals surface area contributed by atoms with Crippen LogP contribution in [0.15, 0.2) is 42.5 Å². The molecule has 1 aliphatic heterocycles. The Hall–Kier alpha value is -2.49. The summed E-state index contributed by atoms with van der Waals surface area (Å²) in [6, 6.07) is 13.7. The minimum Gasteiger partial charge on any atom is -0.496 e. The summed E-state index contributed by atoms with van der Waals surface area (Å²) in [4.78, 5) is 12.6. The van der Waals surface area contributed by atoms with Crippen molar-refractivity contribution in [3.63, 3.8) is 0 Å². The first-order valence-corrected chi connectivity index (χ1v) is 8.59. The van der Waals surface area contributed by atoms with Crippen LogP contribution in [-0.2, 0) is 11.2 Å². The molecule has 0 saturated carbocycles. The summed E-state index contributed by atoms with van der Waals surface area (Å²) in [7, 11) is 1.65. The lowest BCUT2D eigenvalue weighted by Gasteiger charge is -2.37. The van der Waals surface area contributed by atoms with Crippen molar-refractivity contribution in [2.45, 2.75) is 45.3 Å². The van der Waals surface area contributed by atoms with Crippen molar-refractivity contribution < 1.29 is 14.3 Å². The van der Waals surface area contributed by atoms with Crippen molar-refractivity contribution >= 4 is 5.91 Å². The molecule has 0 aliphatic carbocycles. The number of nitrogens with one attached hydrogen (secondary N) is 1. The molecule has 25 heavy (non-hydrogen) atoms. The normalized spacial score (nSPS) is 18.0. The largest absolute Gasteiger partial charge is 0.496 e. The van der Waals surface area contributed by atoms with Crippen LogP contribution in [0.2, 0.25) is 0 Å². The van der Waals surface area contributed by atoms with E-state index in [0.29, 0.717) is 6.42 Å². The molecule has 4 nitrogen and oxygen atoms in total. The molecule has 0 saturated heterocycles. The van der Waals surface area contributed by atoms with Crippen molar-refractivity contribution in [1.82, 2.24) is 5.32 Å². The van der Waals surface area contributed by atoms with Crippen LogP contribution >= 0.6 is 0 Å². The Morgan fingerprint density at radius 3 is 2.76 bits per heavy atom. The number of methoxy groups -OCH3 is 1. The second-order valence-corrected chi connectivity index (χ2v) is 7.20. The number of fused-ring (bicyclic) bond motifs is 1. The Bertz CT molecular complexity index is 782. The fraction of sp³-hybridized carbons (Fsp3) is 0.381. The van der Waals surface area contributed by atoms with Gasteiger partial charge in [-0.15, -0.1) is 0 Å². The lowest BCUT2D eigenvalue weighted by atomic mass is 9.89. The van der Waals surface area contributed by atoms with Crippen LogP contribution in [0.3, 0.4) is 0 Å². The van der Waals surface area contributed by atoms with Gasteiger partial charge in [-0.25, -0.2) is 0 Å². The van der Waals surface area contributed by atoms with Gasteiger partial charge in [-0.3, -0.25) is 4.79 Å². The van der Waals surface area contributed by atoms with E-state index in [4.69, 9.17) is 9.47 Å². The summed E-state index contributed by atoms with van der Waals surface area (Å²) in [5.74, 6) is 1.70. The maximum atomic E-state index is 12.6. The monoisotopic (exact) mass is 339 g/mol. The highest BCUT2D eigenvalue weighted by molar-refractivity contribution is 5.79. The molecule has 0 spiro atoms.